The molecule has 4 heteroatoms. The van der Waals surface area contributed by atoms with Gasteiger partial charge in [-0.05, 0) is 30.3 Å². The summed E-state index contributed by atoms with van der Waals surface area (Å²) in [4.78, 5) is 0. The molecular weight excluding hydrogens is 272 g/mol. The maximum Gasteiger partial charge on any atom is 0.131 e. The Morgan fingerprint density at radius 3 is 2.52 bits per heavy atom. The van der Waals surface area contributed by atoms with Gasteiger partial charge in [-0.1, -0.05) is 31.2 Å². The first-order chi connectivity index (χ1) is 10.2. The molecule has 0 aromatic heterocycles. The van der Waals surface area contributed by atoms with Crippen molar-refractivity contribution in [1.29, 1.82) is 0 Å². The van der Waals surface area contributed by atoms with Gasteiger partial charge in [0.05, 0.1) is 6.04 Å². The molecule has 2 nitrogen and oxygen atoms in total. The quantitative estimate of drug-likeness (QED) is 0.928. The molecule has 2 aromatic rings. The molecule has 0 saturated heterocycles. The van der Waals surface area contributed by atoms with Gasteiger partial charge < -0.3 is 10.1 Å². The van der Waals surface area contributed by atoms with Crippen molar-refractivity contribution in [3.63, 3.8) is 0 Å². The molecule has 0 amide bonds. The van der Waals surface area contributed by atoms with Gasteiger partial charge in [0.1, 0.15) is 23.5 Å². The van der Waals surface area contributed by atoms with Gasteiger partial charge >= 0.3 is 0 Å². The molecule has 1 aliphatic rings. The third-order valence-corrected chi connectivity index (χ3v) is 3.78. The largest absolute Gasteiger partial charge is 0.488 e. The van der Waals surface area contributed by atoms with Crippen LogP contribution in [0.25, 0.3) is 0 Å². The zero-order chi connectivity index (χ0) is 14.8. The van der Waals surface area contributed by atoms with Crippen LogP contribution in [0.4, 0.5) is 8.78 Å². The van der Waals surface area contributed by atoms with E-state index in [2.05, 4.69) is 5.32 Å². The molecule has 2 unspecified atom stereocenters. The van der Waals surface area contributed by atoms with E-state index in [0.717, 1.165) is 11.3 Å². The van der Waals surface area contributed by atoms with Crippen molar-refractivity contribution >= 4 is 0 Å². The lowest BCUT2D eigenvalue weighted by atomic mass is 9.96. The normalized spacial score (nSPS) is 18.1. The van der Waals surface area contributed by atoms with Gasteiger partial charge in [0, 0.05) is 12.0 Å². The van der Waals surface area contributed by atoms with E-state index in [9.17, 15) is 8.78 Å². The molecule has 2 atom stereocenters. The molecule has 21 heavy (non-hydrogen) atoms. The second kappa shape index (κ2) is 5.82. The van der Waals surface area contributed by atoms with E-state index in [1.807, 2.05) is 31.2 Å². The molecule has 0 bridgehead atoms. The highest BCUT2D eigenvalue weighted by Gasteiger charge is 2.33. The summed E-state index contributed by atoms with van der Waals surface area (Å²) in [5, 5.41) is 3.15. The maximum atomic E-state index is 14.1. The highest BCUT2D eigenvalue weighted by atomic mass is 19.1. The highest BCUT2D eigenvalue weighted by molar-refractivity contribution is 5.39. The number of hydrogen-bond acceptors (Lipinski definition) is 2. The molecule has 0 radical (unpaired) electrons. The highest BCUT2D eigenvalue weighted by Crippen LogP contribution is 2.35. The average molecular weight is 289 g/mol. The van der Waals surface area contributed by atoms with E-state index < -0.39 is 17.7 Å². The van der Waals surface area contributed by atoms with Gasteiger partial charge in [-0.15, -0.1) is 0 Å². The van der Waals surface area contributed by atoms with Crippen molar-refractivity contribution < 1.29 is 13.5 Å². The van der Waals surface area contributed by atoms with Crippen LogP contribution in [-0.2, 0) is 6.42 Å². The minimum Gasteiger partial charge on any atom is -0.488 e. The van der Waals surface area contributed by atoms with Crippen LogP contribution in [0.1, 0.15) is 24.1 Å². The lowest BCUT2D eigenvalue weighted by Crippen LogP contribution is -2.36. The number of nitrogens with one attached hydrogen (secondary N) is 1. The zero-order valence-corrected chi connectivity index (χ0v) is 11.8. The van der Waals surface area contributed by atoms with Crippen LogP contribution in [0.2, 0.25) is 0 Å². The van der Waals surface area contributed by atoms with E-state index in [0.29, 0.717) is 13.0 Å². The molecule has 2 aromatic carbocycles. The molecule has 0 fully saturated rings. The minimum atomic E-state index is -0.541. The van der Waals surface area contributed by atoms with Crippen LogP contribution in [0.5, 0.6) is 5.75 Å². The topological polar surface area (TPSA) is 21.3 Å². The van der Waals surface area contributed by atoms with E-state index in [4.69, 9.17) is 4.74 Å². The zero-order valence-electron chi connectivity index (χ0n) is 11.8. The first kappa shape index (κ1) is 14.0. The van der Waals surface area contributed by atoms with Crippen molar-refractivity contribution in [2.24, 2.45) is 0 Å². The van der Waals surface area contributed by atoms with Gasteiger partial charge in [-0.3, -0.25) is 0 Å². The van der Waals surface area contributed by atoms with Crippen LogP contribution in [-0.4, -0.2) is 12.6 Å². The molecule has 1 aliphatic heterocycles. The Labute approximate surface area is 122 Å². The first-order valence-electron chi connectivity index (χ1n) is 7.12. The summed E-state index contributed by atoms with van der Waals surface area (Å²) in [5.41, 5.74) is 1.12. The summed E-state index contributed by atoms with van der Waals surface area (Å²) in [7, 11) is 0. The fourth-order valence-electron chi connectivity index (χ4n) is 2.84. The summed E-state index contributed by atoms with van der Waals surface area (Å²) in [6.45, 7) is 2.52. The van der Waals surface area contributed by atoms with Crippen molar-refractivity contribution in [3.05, 3.63) is 65.2 Å². The van der Waals surface area contributed by atoms with E-state index in [-0.39, 0.29) is 11.7 Å². The predicted molar refractivity (Wildman–Crippen MR) is 77.3 cm³/mol. The summed E-state index contributed by atoms with van der Waals surface area (Å²) >= 11 is 0. The summed E-state index contributed by atoms with van der Waals surface area (Å²) < 4.78 is 34.0. The molecule has 1 N–H and O–H groups in total. The number of fused-ring (bicyclic) bond motifs is 1. The fourth-order valence-corrected chi connectivity index (χ4v) is 2.84. The second-order valence-corrected chi connectivity index (χ2v) is 5.14. The van der Waals surface area contributed by atoms with Gasteiger partial charge in [-0.25, -0.2) is 8.78 Å². The van der Waals surface area contributed by atoms with Gasteiger partial charge in [-0.2, -0.15) is 0 Å². The minimum absolute atomic E-state index is 0.0529. The second-order valence-electron chi connectivity index (χ2n) is 5.14. The Bertz CT molecular complexity index is 599. The van der Waals surface area contributed by atoms with Crippen molar-refractivity contribution in [2.75, 3.05) is 6.54 Å². The third-order valence-electron chi connectivity index (χ3n) is 3.78. The standard InChI is InChI=1S/C17H17F2NO/c1-2-20-17(16-12(18)7-5-8-13(16)19)15-10-11-6-3-4-9-14(11)21-15/h3-9,15,17,20H,2,10H2,1H3. The summed E-state index contributed by atoms with van der Waals surface area (Å²) in [6, 6.07) is 11.1. The summed E-state index contributed by atoms with van der Waals surface area (Å²) in [6.07, 6.45) is 0.329. The number of para-hydroxylation sites is 1. The molecule has 0 spiro atoms. The van der Waals surface area contributed by atoms with Gasteiger partial charge in [0.25, 0.3) is 0 Å². The van der Waals surface area contributed by atoms with Crippen LogP contribution < -0.4 is 10.1 Å². The molecular formula is C17H17F2NO. The number of ether oxygens (including phenoxy) is 1. The molecule has 1 heterocycles. The molecule has 3 rings (SSSR count). The monoisotopic (exact) mass is 289 g/mol. The Morgan fingerprint density at radius 1 is 1.14 bits per heavy atom. The van der Waals surface area contributed by atoms with Crippen molar-refractivity contribution in [1.82, 2.24) is 5.32 Å². The molecule has 0 saturated carbocycles. The van der Waals surface area contributed by atoms with Crippen molar-refractivity contribution in [2.45, 2.75) is 25.5 Å². The van der Waals surface area contributed by atoms with Gasteiger partial charge in [0.15, 0.2) is 0 Å². The smallest absolute Gasteiger partial charge is 0.131 e. The Kier molecular flexibility index (Phi) is 3.88. The lowest BCUT2D eigenvalue weighted by Gasteiger charge is -2.25. The Morgan fingerprint density at radius 2 is 1.86 bits per heavy atom. The number of likely N-dealkylation sites (N-methyl/N-ethyl adjacent to an activating group) is 1. The lowest BCUT2D eigenvalue weighted by molar-refractivity contribution is 0.174. The van der Waals surface area contributed by atoms with Crippen LogP contribution in [0, 0.1) is 11.6 Å². The maximum absolute atomic E-state index is 14.1. The van der Waals surface area contributed by atoms with Crippen LogP contribution >= 0.6 is 0 Å². The average Bonchev–Trinajstić information content (AvgIpc) is 2.89. The van der Waals surface area contributed by atoms with E-state index >= 15 is 0 Å². The Hall–Kier alpha value is -1.94. The SMILES string of the molecule is CCNC(c1c(F)cccc1F)C1Cc2ccccc2O1. The Balaban J connectivity index is 1.94. The fraction of sp³-hybridized carbons (Fsp3) is 0.294. The number of benzene rings is 2. The van der Waals surface area contributed by atoms with Gasteiger partial charge in [0.2, 0.25) is 0 Å². The summed E-state index contributed by atoms with van der Waals surface area (Å²) in [5.74, 6) is -0.289. The molecule has 110 valence electrons. The molecule has 0 aliphatic carbocycles. The third kappa shape index (κ3) is 2.63. The van der Waals surface area contributed by atoms with Crippen molar-refractivity contribution in [3.8, 4) is 5.75 Å². The van der Waals surface area contributed by atoms with E-state index in [1.165, 1.54) is 18.2 Å². The first-order valence-corrected chi connectivity index (χ1v) is 7.12. The van der Waals surface area contributed by atoms with Crippen LogP contribution in [0.3, 0.4) is 0 Å². The predicted octanol–water partition coefficient (Wildman–Crippen LogP) is 3.62. The number of halogens is 2. The number of hydrogen-bond donors (Lipinski definition) is 1. The van der Waals surface area contributed by atoms with Crippen LogP contribution in [0.15, 0.2) is 42.5 Å². The number of rotatable bonds is 4. The van der Waals surface area contributed by atoms with E-state index in [1.54, 1.807) is 0 Å².